The molecule has 7 nitrogen and oxygen atoms in total. The lowest BCUT2D eigenvalue weighted by Crippen LogP contribution is -2.26. The number of benzene rings is 1. The van der Waals surface area contributed by atoms with Crippen LogP contribution in [0.25, 0.3) is 11.3 Å². The molecule has 0 bridgehead atoms. The van der Waals surface area contributed by atoms with Crippen molar-refractivity contribution in [1.82, 2.24) is 4.57 Å². The molecule has 130 valence electrons. The largest absolute Gasteiger partial charge is 0.506 e. The quantitative estimate of drug-likeness (QED) is 0.679. The molecule has 0 spiro atoms. The average Bonchev–Trinajstić information content (AvgIpc) is 2.60. The maximum absolute atomic E-state index is 12.4. The van der Waals surface area contributed by atoms with Crippen LogP contribution in [0.2, 0.25) is 0 Å². The molecule has 1 aromatic heterocycles. The Morgan fingerprint density at radius 1 is 1.36 bits per heavy atom. The SMILES string of the molecule is CCOC(=O)c1cn2c(cc1=O)-c1cc(O)c(N=O)cc1CC2CC. The first kappa shape index (κ1) is 16.9. The highest BCUT2D eigenvalue weighted by Gasteiger charge is 2.26. The second kappa shape index (κ2) is 6.51. The van der Waals surface area contributed by atoms with Crippen molar-refractivity contribution in [3.63, 3.8) is 0 Å². The molecule has 1 N–H and O–H groups in total. The Morgan fingerprint density at radius 2 is 2.12 bits per heavy atom. The summed E-state index contributed by atoms with van der Waals surface area (Å²) in [6.45, 7) is 3.87. The first-order chi connectivity index (χ1) is 12.0. The van der Waals surface area contributed by atoms with Gasteiger partial charge in [0.25, 0.3) is 0 Å². The zero-order valence-electron chi connectivity index (χ0n) is 14.0. The van der Waals surface area contributed by atoms with Crippen molar-refractivity contribution in [3.05, 3.63) is 50.7 Å². The van der Waals surface area contributed by atoms with E-state index in [1.807, 2.05) is 11.5 Å². The van der Waals surface area contributed by atoms with Gasteiger partial charge in [0.05, 0.1) is 12.3 Å². The molecular weight excluding hydrogens is 324 g/mol. The van der Waals surface area contributed by atoms with E-state index < -0.39 is 11.4 Å². The number of nitrogens with zero attached hydrogens (tertiary/aromatic N) is 2. The van der Waals surface area contributed by atoms with Crippen LogP contribution in [0.4, 0.5) is 5.69 Å². The van der Waals surface area contributed by atoms with Gasteiger partial charge in [-0.25, -0.2) is 4.79 Å². The predicted octanol–water partition coefficient (Wildman–Crippen LogP) is 3.30. The summed E-state index contributed by atoms with van der Waals surface area (Å²) >= 11 is 0. The van der Waals surface area contributed by atoms with Crippen molar-refractivity contribution in [2.24, 2.45) is 5.18 Å². The average molecular weight is 342 g/mol. The van der Waals surface area contributed by atoms with Gasteiger partial charge >= 0.3 is 5.97 Å². The van der Waals surface area contributed by atoms with Gasteiger partial charge in [0.2, 0.25) is 0 Å². The number of pyridine rings is 1. The maximum Gasteiger partial charge on any atom is 0.343 e. The Balaban J connectivity index is 2.23. The van der Waals surface area contributed by atoms with Crippen molar-refractivity contribution in [2.75, 3.05) is 6.61 Å². The standard InChI is InChI=1S/C18H18N2O5/c1-3-11-5-10-6-14(19-24)17(22)7-12(10)15-8-16(21)13(9-20(11)15)18(23)25-4-2/h6-9,11,22H,3-5H2,1-2H3. The fraction of sp³-hybridized carbons (Fsp3) is 0.333. The lowest BCUT2D eigenvalue weighted by molar-refractivity contribution is 0.0523. The van der Waals surface area contributed by atoms with E-state index >= 15 is 0 Å². The third-order valence-corrected chi connectivity index (χ3v) is 4.47. The number of hydrogen-bond acceptors (Lipinski definition) is 6. The van der Waals surface area contributed by atoms with E-state index in [0.717, 1.165) is 12.0 Å². The summed E-state index contributed by atoms with van der Waals surface area (Å²) in [7, 11) is 0. The Labute approximate surface area is 143 Å². The monoisotopic (exact) mass is 342 g/mol. The molecule has 3 rings (SSSR count). The summed E-state index contributed by atoms with van der Waals surface area (Å²) in [4.78, 5) is 35.2. The van der Waals surface area contributed by atoms with Crippen LogP contribution >= 0.6 is 0 Å². The van der Waals surface area contributed by atoms with Crippen molar-refractivity contribution < 1.29 is 14.6 Å². The molecule has 0 amide bonds. The third-order valence-electron chi connectivity index (χ3n) is 4.47. The van der Waals surface area contributed by atoms with E-state index in [9.17, 15) is 19.6 Å². The molecule has 0 saturated heterocycles. The van der Waals surface area contributed by atoms with Crippen LogP contribution in [0.15, 0.2) is 34.4 Å². The van der Waals surface area contributed by atoms with Gasteiger partial charge in [-0.15, -0.1) is 4.91 Å². The molecule has 0 fully saturated rings. The van der Waals surface area contributed by atoms with Gasteiger partial charge in [-0.3, -0.25) is 4.79 Å². The zero-order valence-corrected chi connectivity index (χ0v) is 14.0. The van der Waals surface area contributed by atoms with Crippen molar-refractivity contribution in [3.8, 4) is 17.0 Å². The van der Waals surface area contributed by atoms with Crippen molar-refractivity contribution in [1.29, 1.82) is 0 Å². The summed E-state index contributed by atoms with van der Waals surface area (Å²) in [6.07, 6.45) is 2.89. The topological polar surface area (TPSA) is 98.0 Å². The molecule has 1 aliphatic rings. The van der Waals surface area contributed by atoms with Gasteiger partial charge in [-0.05, 0) is 42.6 Å². The molecule has 1 aliphatic heterocycles. The zero-order chi connectivity index (χ0) is 18.1. The minimum Gasteiger partial charge on any atom is -0.506 e. The number of phenols is 1. The second-order valence-electron chi connectivity index (χ2n) is 5.92. The second-order valence-corrected chi connectivity index (χ2v) is 5.92. The Hall–Kier alpha value is -2.96. The summed E-state index contributed by atoms with van der Waals surface area (Å²) in [6, 6.07) is 4.38. The molecule has 0 aliphatic carbocycles. The fourth-order valence-electron chi connectivity index (χ4n) is 3.22. The van der Waals surface area contributed by atoms with E-state index in [-0.39, 0.29) is 29.6 Å². The molecule has 1 atom stereocenters. The van der Waals surface area contributed by atoms with Crippen molar-refractivity contribution in [2.45, 2.75) is 32.7 Å². The molecule has 1 aromatic carbocycles. The number of fused-ring (bicyclic) bond motifs is 3. The molecule has 2 aromatic rings. The number of rotatable bonds is 4. The molecule has 0 radical (unpaired) electrons. The van der Waals surface area contributed by atoms with Crippen LogP contribution in [-0.2, 0) is 11.2 Å². The highest BCUT2D eigenvalue weighted by Crippen LogP contribution is 2.41. The van der Waals surface area contributed by atoms with E-state index in [0.29, 0.717) is 17.7 Å². The van der Waals surface area contributed by atoms with Crippen LogP contribution in [0.5, 0.6) is 5.75 Å². The lowest BCUT2D eigenvalue weighted by atomic mass is 9.90. The lowest BCUT2D eigenvalue weighted by Gasteiger charge is -2.30. The number of nitroso groups, excluding NO2 is 1. The highest BCUT2D eigenvalue weighted by molar-refractivity contribution is 5.89. The summed E-state index contributed by atoms with van der Waals surface area (Å²) in [5, 5.41) is 12.8. The minimum atomic E-state index is -0.646. The number of ether oxygens (including phenoxy) is 1. The highest BCUT2D eigenvalue weighted by atomic mass is 16.5. The van der Waals surface area contributed by atoms with E-state index in [1.54, 1.807) is 13.0 Å². The molecule has 1 unspecified atom stereocenters. The fourth-order valence-corrected chi connectivity index (χ4v) is 3.22. The Morgan fingerprint density at radius 3 is 2.76 bits per heavy atom. The Bertz CT molecular complexity index is 916. The van der Waals surface area contributed by atoms with Crippen LogP contribution in [0, 0.1) is 4.91 Å². The van der Waals surface area contributed by atoms with Gasteiger partial charge in [0.1, 0.15) is 17.0 Å². The van der Waals surface area contributed by atoms with E-state index in [1.165, 1.54) is 18.3 Å². The molecule has 0 saturated carbocycles. The smallest absolute Gasteiger partial charge is 0.343 e. The maximum atomic E-state index is 12.4. The van der Waals surface area contributed by atoms with Crippen LogP contribution in [0.3, 0.4) is 0 Å². The molecule has 2 heterocycles. The number of aromatic hydroxyl groups is 1. The van der Waals surface area contributed by atoms with Crippen LogP contribution < -0.4 is 5.43 Å². The van der Waals surface area contributed by atoms with E-state index in [2.05, 4.69) is 5.18 Å². The first-order valence-corrected chi connectivity index (χ1v) is 8.13. The van der Waals surface area contributed by atoms with Gasteiger partial charge < -0.3 is 14.4 Å². The summed E-state index contributed by atoms with van der Waals surface area (Å²) < 4.78 is 6.81. The molecule has 25 heavy (non-hydrogen) atoms. The van der Waals surface area contributed by atoms with Gasteiger partial charge in [0.15, 0.2) is 5.43 Å². The number of esters is 1. The Kier molecular flexibility index (Phi) is 4.39. The number of aromatic nitrogens is 1. The number of hydrogen-bond donors (Lipinski definition) is 1. The predicted molar refractivity (Wildman–Crippen MR) is 92.2 cm³/mol. The number of carbonyl (C=O) groups excluding carboxylic acids is 1. The minimum absolute atomic E-state index is 0.0112. The van der Waals surface area contributed by atoms with Gasteiger partial charge in [-0.2, -0.15) is 0 Å². The number of phenolic OH excluding ortho intramolecular Hbond substituents is 1. The van der Waals surface area contributed by atoms with Gasteiger partial charge in [-0.1, -0.05) is 6.92 Å². The third kappa shape index (κ3) is 2.82. The van der Waals surface area contributed by atoms with E-state index in [4.69, 9.17) is 4.74 Å². The number of carbonyl (C=O) groups is 1. The summed E-state index contributed by atoms with van der Waals surface area (Å²) in [5.74, 6) is -0.885. The van der Waals surface area contributed by atoms with Crippen LogP contribution in [-0.4, -0.2) is 22.2 Å². The normalized spacial score (nSPS) is 15.2. The first-order valence-electron chi connectivity index (χ1n) is 8.13. The van der Waals surface area contributed by atoms with Gasteiger partial charge in [0, 0.05) is 23.9 Å². The molecule has 7 heteroatoms. The summed E-state index contributed by atoms with van der Waals surface area (Å²) in [5.41, 5.74) is 1.61. The molecular formula is C18H18N2O5. The van der Waals surface area contributed by atoms with Crippen LogP contribution in [0.1, 0.15) is 42.2 Å². The van der Waals surface area contributed by atoms with Crippen molar-refractivity contribution >= 4 is 11.7 Å².